The van der Waals surface area contributed by atoms with Gasteiger partial charge in [0.25, 0.3) is 0 Å². The Kier molecular flexibility index (Phi) is 3.93. The molecule has 2 aliphatic rings. The second-order valence-electron chi connectivity index (χ2n) is 7.67. The number of aromatic nitrogens is 2. The third-order valence-electron chi connectivity index (χ3n) is 5.81. The molecule has 0 N–H and O–H groups in total. The lowest BCUT2D eigenvalue weighted by Gasteiger charge is -2.17. The fraction of sp³-hybridized carbons (Fsp3) is 0.286. The molecule has 0 radical (unpaired) electrons. The number of halogens is 1. The van der Waals surface area contributed by atoms with Gasteiger partial charge >= 0.3 is 0 Å². The van der Waals surface area contributed by atoms with Crippen molar-refractivity contribution in [2.24, 2.45) is 7.05 Å². The van der Waals surface area contributed by atoms with E-state index in [0.717, 1.165) is 22.3 Å². The maximum atomic E-state index is 13.1. The molecular weight excluding hydrogens is 377 g/mol. The highest BCUT2D eigenvalue weighted by molar-refractivity contribution is 7.92. The molecule has 0 unspecified atom stereocenters. The van der Waals surface area contributed by atoms with Gasteiger partial charge in [-0.2, -0.15) is 5.10 Å². The summed E-state index contributed by atoms with van der Waals surface area (Å²) in [6, 6.07) is 12.0. The first-order valence-corrected chi connectivity index (χ1v) is 10.8. The quantitative estimate of drug-likeness (QED) is 0.682. The second kappa shape index (κ2) is 6.25. The van der Waals surface area contributed by atoms with Gasteiger partial charge in [0.05, 0.1) is 16.3 Å². The van der Waals surface area contributed by atoms with Gasteiger partial charge in [-0.15, -0.1) is 0 Å². The number of sulfone groups is 1. The predicted octanol–water partition coefficient (Wildman–Crippen LogP) is 2.98. The lowest BCUT2D eigenvalue weighted by atomic mass is 9.95. The van der Waals surface area contributed by atoms with Crippen LogP contribution in [0.2, 0.25) is 0 Å². The Balaban J connectivity index is 1.46. The number of benzene rings is 2. The summed E-state index contributed by atoms with van der Waals surface area (Å²) in [6.45, 7) is 1.81. The summed E-state index contributed by atoms with van der Waals surface area (Å²) in [7, 11) is -1.47. The average Bonchev–Trinajstić information content (AvgIpc) is 3.34. The summed E-state index contributed by atoms with van der Waals surface area (Å²) >= 11 is 0. The summed E-state index contributed by atoms with van der Waals surface area (Å²) in [4.78, 5) is 2.62. The summed E-state index contributed by atoms with van der Waals surface area (Å²) in [5.74, 6) is -0.293. The van der Waals surface area contributed by atoms with Gasteiger partial charge in [0, 0.05) is 44.4 Å². The van der Waals surface area contributed by atoms with Crippen molar-refractivity contribution in [3.63, 3.8) is 0 Å². The Labute approximate surface area is 163 Å². The van der Waals surface area contributed by atoms with Crippen LogP contribution < -0.4 is 0 Å². The van der Waals surface area contributed by atoms with Gasteiger partial charge in [0.2, 0.25) is 0 Å². The molecule has 0 bridgehead atoms. The fourth-order valence-electron chi connectivity index (χ4n) is 4.45. The highest BCUT2D eigenvalue weighted by atomic mass is 32.2. The van der Waals surface area contributed by atoms with E-state index in [-0.39, 0.29) is 11.7 Å². The van der Waals surface area contributed by atoms with Crippen LogP contribution >= 0.6 is 0 Å². The van der Waals surface area contributed by atoms with Crippen LogP contribution in [-0.2, 0) is 23.4 Å². The Morgan fingerprint density at radius 1 is 1.11 bits per heavy atom. The number of likely N-dealkylation sites (tertiary alicyclic amines) is 1. The Morgan fingerprint density at radius 2 is 1.89 bits per heavy atom. The molecule has 28 heavy (non-hydrogen) atoms. The van der Waals surface area contributed by atoms with Gasteiger partial charge in [-0.25, -0.2) is 12.8 Å². The molecule has 2 aromatic carbocycles. The molecule has 1 fully saturated rings. The van der Waals surface area contributed by atoms with Crippen molar-refractivity contribution < 1.29 is 12.8 Å². The van der Waals surface area contributed by atoms with Crippen LogP contribution in [0.1, 0.15) is 17.0 Å². The van der Waals surface area contributed by atoms with Crippen molar-refractivity contribution in [2.45, 2.75) is 22.6 Å². The Hall–Kier alpha value is -2.51. The van der Waals surface area contributed by atoms with Crippen molar-refractivity contribution >= 4 is 9.84 Å². The molecule has 1 aromatic heterocycles. The molecule has 7 heteroatoms. The zero-order chi connectivity index (χ0) is 19.5. The fourth-order valence-corrected chi connectivity index (χ4v) is 6.65. The number of fused-ring (bicyclic) bond motifs is 3. The van der Waals surface area contributed by atoms with E-state index in [0.29, 0.717) is 24.5 Å². The van der Waals surface area contributed by atoms with Gasteiger partial charge in [0.1, 0.15) is 5.82 Å². The smallest absolute Gasteiger partial charge is 0.183 e. The van der Waals surface area contributed by atoms with Crippen molar-refractivity contribution in [3.8, 4) is 11.1 Å². The predicted molar refractivity (Wildman–Crippen MR) is 104 cm³/mol. The molecule has 0 spiro atoms. The Bertz CT molecular complexity index is 1150. The normalized spacial score (nSPS) is 22.9. The maximum absolute atomic E-state index is 13.1. The van der Waals surface area contributed by atoms with E-state index >= 15 is 0 Å². The van der Waals surface area contributed by atoms with Crippen molar-refractivity contribution in [2.75, 3.05) is 13.1 Å². The number of aryl methyl sites for hydroxylation is 1. The topological polar surface area (TPSA) is 55.2 Å². The molecule has 1 saturated heterocycles. The summed E-state index contributed by atoms with van der Waals surface area (Å²) in [5.41, 5.74) is 3.86. The van der Waals surface area contributed by atoms with Crippen LogP contribution in [0.4, 0.5) is 4.39 Å². The van der Waals surface area contributed by atoms with Crippen LogP contribution in [0.5, 0.6) is 0 Å². The van der Waals surface area contributed by atoms with Crippen molar-refractivity contribution in [1.29, 1.82) is 0 Å². The highest BCUT2D eigenvalue weighted by Gasteiger charge is 2.50. The molecule has 5 nitrogen and oxygen atoms in total. The molecule has 0 saturated carbocycles. The summed E-state index contributed by atoms with van der Waals surface area (Å²) in [6.07, 6.45) is 3.72. The Morgan fingerprint density at radius 3 is 2.61 bits per heavy atom. The third kappa shape index (κ3) is 2.77. The lowest BCUT2D eigenvalue weighted by molar-refractivity contribution is 0.325. The van der Waals surface area contributed by atoms with Gasteiger partial charge in [-0.1, -0.05) is 18.2 Å². The average molecular weight is 397 g/mol. The first-order valence-electron chi connectivity index (χ1n) is 9.25. The largest absolute Gasteiger partial charge is 0.297 e. The molecule has 2 aliphatic heterocycles. The minimum atomic E-state index is -3.33. The third-order valence-corrected chi connectivity index (χ3v) is 8.07. The van der Waals surface area contributed by atoms with Gasteiger partial charge < -0.3 is 0 Å². The van der Waals surface area contributed by atoms with E-state index in [4.69, 9.17) is 0 Å². The number of hydrogen-bond acceptors (Lipinski definition) is 4. The second-order valence-corrected chi connectivity index (χ2v) is 9.80. The minimum absolute atomic E-state index is 0.0305. The molecular formula is C21H20FN3O2S. The number of hydrogen-bond donors (Lipinski definition) is 0. The summed E-state index contributed by atoms with van der Waals surface area (Å²) in [5, 5.41) is 3.80. The van der Waals surface area contributed by atoms with E-state index in [2.05, 4.69) is 10.00 Å². The first-order chi connectivity index (χ1) is 13.4. The standard InChI is InChI=1S/C21H20FN3O2S/c1-24-11-16(9-23-24)15-4-7-20-18(8-15)19-12-25(13-21(19)28(20,26)27)10-14-2-5-17(22)6-3-14/h2-9,11,19,21H,10,12-13H2,1H3/t19-,21-/m0/s1. The molecule has 2 atom stereocenters. The first kappa shape index (κ1) is 17.6. The highest BCUT2D eigenvalue weighted by Crippen LogP contribution is 2.46. The number of nitrogens with zero attached hydrogens (tertiary/aromatic N) is 3. The molecule has 0 amide bonds. The van der Waals surface area contributed by atoms with Gasteiger partial charge in [-0.3, -0.25) is 9.58 Å². The van der Waals surface area contributed by atoms with Gasteiger partial charge in [-0.05, 0) is 41.0 Å². The van der Waals surface area contributed by atoms with Crippen molar-refractivity contribution in [1.82, 2.24) is 14.7 Å². The minimum Gasteiger partial charge on any atom is -0.297 e. The lowest BCUT2D eigenvalue weighted by Crippen LogP contribution is -2.25. The zero-order valence-electron chi connectivity index (χ0n) is 15.4. The molecule has 3 aromatic rings. The molecule has 5 rings (SSSR count). The van der Waals surface area contributed by atoms with Crippen LogP contribution in [0, 0.1) is 5.82 Å². The van der Waals surface area contributed by atoms with E-state index in [9.17, 15) is 12.8 Å². The van der Waals surface area contributed by atoms with E-state index in [1.165, 1.54) is 12.1 Å². The monoisotopic (exact) mass is 397 g/mol. The van der Waals surface area contributed by atoms with Crippen LogP contribution in [-0.4, -0.2) is 41.4 Å². The van der Waals surface area contributed by atoms with E-state index < -0.39 is 15.1 Å². The number of rotatable bonds is 3. The van der Waals surface area contributed by atoms with Crippen molar-refractivity contribution in [3.05, 3.63) is 71.8 Å². The van der Waals surface area contributed by atoms with E-state index in [1.807, 2.05) is 25.4 Å². The SMILES string of the molecule is Cn1cc(-c2ccc3c(c2)[C@@H]2CN(Cc4ccc(F)cc4)C[C@@H]2S3(=O)=O)cn1. The van der Waals surface area contributed by atoms with Crippen LogP contribution in [0.3, 0.4) is 0 Å². The van der Waals surface area contributed by atoms with Crippen LogP contribution in [0.25, 0.3) is 11.1 Å². The van der Waals surface area contributed by atoms with Gasteiger partial charge in [0.15, 0.2) is 9.84 Å². The van der Waals surface area contributed by atoms with Crippen LogP contribution in [0.15, 0.2) is 59.8 Å². The van der Waals surface area contributed by atoms with E-state index in [1.54, 1.807) is 29.1 Å². The molecule has 0 aliphatic carbocycles. The zero-order valence-corrected chi connectivity index (χ0v) is 16.2. The molecule has 3 heterocycles. The maximum Gasteiger partial charge on any atom is 0.183 e. The molecule has 144 valence electrons. The summed E-state index contributed by atoms with van der Waals surface area (Å²) < 4.78 is 41.0.